The van der Waals surface area contributed by atoms with Crippen LogP contribution >= 0.6 is 15.9 Å². The van der Waals surface area contributed by atoms with Crippen molar-refractivity contribution in [1.29, 1.82) is 5.41 Å². The van der Waals surface area contributed by atoms with Gasteiger partial charge < -0.3 is 0 Å². The molecule has 0 fully saturated rings. The second kappa shape index (κ2) is 6.54. The molecule has 0 atom stereocenters. The molecule has 0 aromatic heterocycles. The monoisotopic (exact) mass is 240 g/mol. The van der Waals surface area contributed by atoms with E-state index in [0.717, 1.165) is 5.57 Å². The maximum Gasteiger partial charge on any atom is 0.148 e. The minimum absolute atomic E-state index is 0.267. The second-order valence-corrected chi connectivity index (χ2v) is 3.58. The van der Waals surface area contributed by atoms with Crippen molar-refractivity contribution >= 4 is 26.4 Å². The number of amidine groups is 1. The van der Waals surface area contributed by atoms with E-state index in [2.05, 4.69) is 27.5 Å². The third-order valence-corrected chi connectivity index (χ3v) is 1.41. The Kier molecular flexibility index (Phi) is 6.06. The first-order chi connectivity index (χ1) is 6.07. The predicted molar refractivity (Wildman–Crippen MR) is 62.9 cm³/mol. The molecule has 0 aromatic carbocycles. The van der Waals surface area contributed by atoms with Crippen molar-refractivity contribution in [2.24, 2.45) is 4.99 Å². The summed E-state index contributed by atoms with van der Waals surface area (Å²) >= 11 is 3.17. The van der Waals surface area contributed by atoms with Gasteiger partial charge in [0.15, 0.2) is 0 Å². The quantitative estimate of drug-likeness (QED) is 0.446. The maximum atomic E-state index is 7.52. The summed E-state index contributed by atoms with van der Waals surface area (Å²) in [5, 5.41) is 7.52. The van der Waals surface area contributed by atoms with Gasteiger partial charge >= 0.3 is 0 Å². The Bertz CT molecular complexity index is 281. The summed E-state index contributed by atoms with van der Waals surface area (Å²) in [6, 6.07) is 0. The van der Waals surface area contributed by atoms with Gasteiger partial charge in [-0.3, -0.25) is 5.41 Å². The van der Waals surface area contributed by atoms with Crippen LogP contribution in [0.25, 0.3) is 0 Å². The first-order valence-electron chi connectivity index (χ1n) is 3.83. The molecule has 3 heteroatoms. The van der Waals surface area contributed by atoms with Crippen molar-refractivity contribution in [3.8, 4) is 0 Å². The van der Waals surface area contributed by atoms with Gasteiger partial charge in [0.25, 0.3) is 0 Å². The Balaban J connectivity index is 4.42. The minimum atomic E-state index is 0.267. The molecule has 0 aliphatic rings. The lowest BCUT2D eigenvalue weighted by atomic mass is 10.2. The number of hydrogen-bond acceptors (Lipinski definition) is 1. The topological polar surface area (TPSA) is 36.2 Å². The molecule has 0 rings (SSSR count). The molecule has 0 radical (unpaired) electrons. The first kappa shape index (κ1) is 12.0. The van der Waals surface area contributed by atoms with E-state index in [1.54, 1.807) is 13.0 Å². The van der Waals surface area contributed by atoms with Crippen molar-refractivity contribution < 1.29 is 0 Å². The smallest absolute Gasteiger partial charge is 0.148 e. The molecule has 70 valence electrons. The number of halogens is 1. The summed E-state index contributed by atoms with van der Waals surface area (Å²) < 4.78 is 0.706. The molecule has 0 saturated carbocycles. The zero-order valence-electron chi connectivity index (χ0n) is 7.84. The molecule has 0 aliphatic carbocycles. The van der Waals surface area contributed by atoms with Gasteiger partial charge in [-0.1, -0.05) is 30.9 Å². The molecule has 2 nitrogen and oxygen atoms in total. The molecule has 0 amide bonds. The van der Waals surface area contributed by atoms with Crippen molar-refractivity contribution in [2.45, 2.75) is 13.8 Å². The normalized spacial score (nSPS) is 13.5. The number of nitrogens with zero attached hydrogens (tertiary/aromatic N) is 1. The highest BCUT2D eigenvalue weighted by Crippen LogP contribution is 2.00. The average molecular weight is 241 g/mol. The molecule has 0 bridgehead atoms. The molecule has 0 aliphatic heterocycles. The number of allylic oxidation sites excluding steroid dienone is 4. The Morgan fingerprint density at radius 1 is 1.38 bits per heavy atom. The van der Waals surface area contributed by atoms with E-state index in [9.17, 15) is 0 Å². The van der Waals surface area contributed by atoms with Crippen molar-refractivity contribution in [3.63, 3.8) is 0 Å². The third-order valence-electron chi connectivity index (χ3n) is 1.23. The van der Waals surface area contributed by atoms with Crippen LogP contribution in [0.3, 0.4) is 0 Å². The fourth-order valence-electron chi connectivity index (χ4n) is 0.600. The zero-order valence-corrected chi connectivity index (χ0v) is 9.43. The molecule has 0 aromatic rings. The fourth-order valence-corrected chi connectivity index (χ4v) is 0.777. The number of nitrogens with one attached hydrogen (secondary N) is 1. The maximum absolute atomic E-state index is 7.52. The SMILES string of the molecule is C=C/C=C\C=C(/C)C(=N)/N=C(\C)Br. The number of aliphatic imine (C=N–C) groups is 1. The third kappa shape index (κ3) is 6.22. The van der Waals surface area contributed by atoms with Gasteiger partial charge in [0, 0.05) is 0 Å². The molecule has 0 spiro atoms. The van der Waals surface area contributed by atoms with Crippen LogP contribution in [0.15, 0.2) is 41.4 Å². The molecule has 0 heterocycles. The molecular formula is C10H13BrN2. The van der Waals surface area contributed by atoms with Gasteiger partial charge in [-0.05, 0) is 35.4 Å². The highest BCUT2D eigenvalue weighted by Gasteiger charge is 1.94. The predicted octanol–water partition coefficient (Wildman–Crippen LogP) is 3.47. The van der Waals surface area contributed by atoms with Gasteiger partial charge in [-0.25, -0.2) is 4.99 Å². The van der Waals surface area contributed by atoms with Gasteiger partial charge in [-0.2, -0.15) is 0 Å². The Hall–Kier alpha value is -0.960. The van der Waals surface area contributed by atoms with Crippen LogP contribution in [-0.2, 0) is 0 Å². The Morgan fingerprint density at radius 3 is 2.46 bits per heavy atom. The van der Waals surface area contributed by atoms with Crippen molar-refractivity contribution in [1.82, 2.24) is 0 Å². The summed E-state index contributed by atoms with van der Waals surface area (Å²) in [7, 11) is 0. The summed E-state index contributed by atoms with van der Waals surface area (Å²) in [5.41, 5.74) is 0.817. The van der Waals surface area contributed by atoms with Gasteiger partial charge in [-0.15, -0.1) is 0 Å². The van der Waals surface area contributed by atoms with Crippen LogP contribution < -0.4 is 0 Å². The van der Waals surface area contributed by atoms with Crippen LogP contribution in [-0.4, -0.2) is 10.5 Å². The van der Waals surface area contributed by atoms with E-state index in [-0.39, 0.29) is 5.84 Å². The summed E-state index contributed by atoms with van der Waals surface area (Å²) in [4.78, 5) is 3.94. The Labute approximate surface area is 87.4 Å². The lowest BCUT2D eigenvalue weighted by Crippen LogP contribution is -1.95. The van der Waals surface area contributed by atoms with Crippen LogP contribution in [0.1, 0.15) is 13.8 Å². The largest absolute Gasteiger partial charge is 0.283 e. The van der Waals surface area contributed by atoms with Crippen LogP contribution in [0.4, 0.5) is 0 Å². The molecule has 1 N–H and O–H groups in total. The average Bonchev–Trinajstić information content (AvgIpc) is 2.03. The first-order valence-corrected chi connectivity index (χ1v) is 4.63. The number of hydrogen-bond donors (Lipinski definition) is 1. The molecule has 0 saturated heterocycles. The van der Waals surface area contributed by atoms with Crippen molar-refractivity contribution in [3.05, 3.63) is 36.5 Å². The lowest BCUT2D eigenvalue weighted by Gasteiger charge is -1.95. The van der Waals surface area contributed by atoms with E-state index in [4.69, 9.17) is 5.41 Å². The fraction of sp³-hybridized carbons (Fsp3) is 0.200. The lowest BCUT2D eigenvalue weighted by molar-refractivity contribution is 1.39. The van der Waals surface area contributed by atoms with E-state index in [0.29, 0.717) is 4.62 Å². The van der Waals surface area contributed by atoms with Gasteiger partial charge in [0.2, 0.25) is 0 Å². The summed E-state index contributed by atoms with van der Waals surface area (Å²) in [5.74, 6) is 0.267. The second-order valence-electron chi connectivity index (χ2n) is 2.43. The van der Waals surface area contributed by atoms with E-state index >= 15 is 0 Å². The minimum Gasteiger partial charge on any atom is -0.283 e. The molecule has 13 heavy (non-hydrogen) atoms. The van der Waals surface area contributed by atoms with Crippen LogP contribution in [0.2, 0.25) is 0 Å². The molecule has 0 unspecified atom stereocenters. The van der Waals surface area contributed by atoms with Crippen LogP contribution in [0, 0.1) is 5.41 Å². The number of rotatable bonds is 3. The Morgan fingerprint density at radius 2 is 2.00 bits per heavy atom. The standard InChI is InChI=1S/C10H13BrN2/c1-4-5-6-7-8(2)10(12)13-9(3)11/h4-7,12H,1H2,2-3H3/b6-5-,8-7+,12-10?,13-9+. The van der Waals surface area contributed by atoms with E-state index < -0.39 is 0 Å². The zero-order chi connectivity index (χ0) is 10.3. The summed E-state index contributed by atoms with van der Waals surface area (Å²) in [6.45, 7) is 7.18. The van der Waals surface area contributed by atoms with Gasteiger partial charge in [0.05, 0.1) is 4.62 Å². The van der Waals surface area contributed by atoms with Crippen LogP contribution in [0.5, 0.6) is 0 Å². The van der Waals surface area contributed by atoms with E-state index in [1.807, 2.05) is 25.2 Å². The van der Waals surface area contributed by atoms with Gasteiger partial charge in [0.1, 0.15) is 5.84 Å². The van der Waals surface area contributed by atoms with Crippen molar-refractivity contribution in [2.75, 3.05) is 0 Å². The highest BCUT2D eigenvalue weighted by molar-refractivity contribution is 9.18. The van der Waals surface area contributed by atoms with E-state index in [1.165, 1.54) is 0 Å². The molecular weight excluding hydrogens is 228 g/mol. The highest BCUT2D eigenvalue weighted by atomic mass is 79.9. The summed E-state index contributed by atoms with van der Waals surface area (Å²) in [6.07, 6.45) is 7.15.